The van der Waals surface area contributed by atoms with Crippen LogP contribution in [0.5, 0.6) is 0 Å². The molecule has 0 aliphatic heterocycles. The number of rotatable bonds is 5. The number of aliphatic carboxylic acids is 1. The molecule has 2 heterocycles. The van der Waals surface area contributed by atoms with Gasteiger partial charge in [0, 0.05) is 12.1 Å². The summed E-state index contributed by atoms with van der Waals surface area (Å²) in [7, 11) is 0. The zero-order valence-corrected chi connectivity index (χ0v) is 12.0. The summed E-state index contributed by atoms with van der Waals surface area (Å²) < 4.78 is 2.82. The first-order chi connectivity index (χ1) is 9.43. The van der Waals surface area contributed by atoms with Crippen LogP contribution in [0.15, 0.2) is 17.1 Å². The van der Waals surface area contributed by atoms with Crippen LogP contribution in [0.3, 0.4) is 0 Å². The molecule has 0 amide bonds. The van der Waals surface area contributed by atoms with Gasteiger partial charge in [0.05, 0.1) is 0 Å². The number of fused-ring (bicyclic) bond motifs is 1. The largest absolute Gasteiger partial charge is 0.480 e. The van der Waals surface area contributed by atoms with E-state index in [0.717, 1.165) is 23.1 Å². The van der Waals surface area contributed by atoms with Crippen molar-refractivity contribution in [2.24, 2.45) is 0 Å². The highest BCUT2D eigenvalue weighted by molar-refractivity contribution is 5.66. The third kappa shape index (κ3) is 2.59. The van der Waals surface area contributed by atoms with Crippen LogP contribution >= 0.6 is 0 Å². The van der Waals surface area contributed by atoms with E-state index in [1.807, 2.05) is 26.1 Å². The Morgan fingerprint density at radius 2 is 2.15 bits per heavy atom. The van der Waals surface area contributed by atoms with Crippen molar-refractivity contribution in [1.29, 1.82) is 0 Å². The molecule has 0 aliphatic carbocycles. The number of carboxylic acids is 1. The van der Waals surface area contributed by atoms with Gasteiger partial charge in [0.25, 0.3) is 5.56 Å². The minimum Gasteiger partial charge on any atom is -0.480 e. The Bertz CT molecular complexity index is 697. The monoisotopic (exact) mass is 277 g/mol. The molecule has 0 spiro atoms. The van der Waals surface area contributed by atoms with Crippen LogP contribution in [0.25, 0.3) is 5.52 Å². The lowest BCUT2D eigenvalue weighted by Gasteiger charge is -2.11. The number of aryl methyl sites for hydroxylation is 1. The summed E-state index contributed by atoms with van der Waals surface area (Å²) in [6.45, 7) is 5.60. The Hall–Kier alpha value is -2.11. The van der Waals surface area contributed by atoms with Crippen molar-refractivity contribution in [2.75, 3.05) is 0 Å². The standard InChI is InChI=1S/C14H19N3O3/c1-4-5-10-6-11-14(20)17(8-12(18)19)15-13(9(2)3)16(11)7-10/h6-7,9H,4-5,8H2,1-3H3,(H,18,19). The van der Waals surface area contributed by atoms with Crippen molar-refractivity contribution in [3.63, 3.8) is 0 Å². The van der Waals surface area contributed by atoms with E-state index in [-0.39, 0.29) is 11.5 Å². The van der Waals surface area contributed by atoms with Gasteiger partial charge in [0.15, 0.2) is 0 Å². The normalized spacial score (nSPS) is 11.4. The number of hydrogen-bond acceptors (Lipinski definition) is 3. The van der Waals surface area contributed by atoms with E-state index >= 15 is 0 Å². The molecular formula is C14H19N3O3. The van der Waals surface area contributed by atoms with Gasteiger partial charge in [-0.2, -0.15) is 5.10 Å². The molecule has 6 nitrogen and oxygen atoms in total. The van der Waals surface area contributed by atoms with Crippen molar-refractivity contribution in [2.45, 2.75) is 46.1 Å². The van der Waals surface area contributed by atoms with Gasteiger partial charge >= 0.3 is 5.97 Å². The van der Waals surface area contributed by atoms with Crippen LogP contribution in [-0.4, -0.2) is 25.3 Å². The summed E-state index contributed by atoms with van der Waals surface area (Å²) in [4.78, 5) is 23.1. The van der Waals surface area contributed by atoms with Crippen LogP contribution in [0.1, 0.15) is 44.5 Å². The lowest BCUT2D eigenvalue weighted by atomic mass is 10.2. The Morgan fingerprint density at radius 3 is 2.70 bits per heavy atom. The molecule has 0 unspecified atom stereocenters. The molecule has 2 aromatic rings. The second-order valence-corrected chi connectivity index (χ2v) is 5.22. The number of hydrogen-bond donors (Lipinski definition) is 1. The topological polar surface area (TPSA) is 76.6 Å². The van der Waals surface area contributed by atoms with E-state index < -0.39 is 12.5 Å². The zero-order chi connectivity index (χ0) is 14.9. The van der Waals surface area contributed by atoms with Crippen molar-refractivity contribution >= 4 is 11.5 Å². The van der Waals surface area contributed by atoms with Gasteiger partial charge in [-0.15, -0.1) is 0 Å². The highest BCUT2D eigenvalue weighted by Crippen LogP contribution is 2.16. The second kappa shape index (κ2) is 5.48. The number of carbonyl (C=O) groups is 1. The Kier molecular flexibility index (Phi) is 3.92. The highest BCUT2D eigenvalue weighted by atomic mass is 16.4. The number of nitrogens with zero attached hydrogens (tertiary/aromatic N) is 3. The molecule has 0 aromatic carbocycles. The van der Waals surface area contributed by atoms with Gasteiger partial charge < -0.3 is 5.11 Å². The Balaban J connectivity index is 2.70. The molecule has 0 radical (unpaired) electrons. The van der Waals surface area contributed by atoms with Crippen LogP contribution in [0.4, 0.5) is 0 Å². The SMILES string of the molecule is CCCc1cc2c(=O)n(CC(=O)O)nc(C(C)C)n2c1. The van der Waals surface area contributed by atoms with Crippen molar-refractivity contribution in [3.05, 3.63) is 34.0 Å². The number of aromatic nitrogens is 3. The first-order valence-corrected chi connectivity index (χ1v) is 6.77. The van der Waals surface area contributed by atoms with Crippen LogP contribution < -0.4 is 5.56 Å². The summed E-state index contributed by atoms with van der Waals surface area (Å²) >= 11 is 0. The molecule has 0 saturated carbocycles. The first kappa shape index (κ1) is 14.3. The van der Waals surface area contributed by atoms with Gasteiger partial charge in [-0.3, -0.25) is 14.0 Å². The van der Waals surface area contributed by atoms with E-state index in [1.54, 1.807) is 4.40 Å². The van der Waals surface area contributed by atoms with Crippen molar-refractivity contribution < 1.29 is 9.90 Å². The van der Waals surface area contributed by atoms with E-state index in [1.165, 1.54) is 0 Å². The van der Waals surface area contributed by atoms with Crippen molar-refractivity contribution in [3.8, 4) is 0 Å². The zero-order valence-electron chi connectivity index (χ0n) is 12.0. The summed E-state index contributed by atoms with van der Waals surface area (Å²) in [5, 5.41) is 13.1. The lowest BCUT2D eigenvalue weighted by molar-refractivity contribution is -0.138. The number of carboxylic acid groups (broad SMARTS) is 1. The minimum atomic E-state index is -1.07. The summed E-state index contributed by atoms with van der Waals surface area (Å²) in [6.07, 6.45) is 3.80. The third-order valence-electron chi connectivity index (χ3n) is 3.14. The van der Waals surface area contributed by atoms with Crippen LogP contribution in [0, 0.1) is 0 Å². The van der Waals surface area contributed by atoms with Gasteiger partial charge in [-0.05, 0) is 18.1 Å². The quantitative estimate of drug-likeness (QED) is 0.901. The molecule has 6 heteroatoms. The maximum absolute atomic E-state index is 12.3. The van der Waals surface area contributed by atoms with E-state index in [2.05, 4.69) is 12.0 Å². The minimum absolute atomic E-state index is 0.0972. The van der Waals surface area contributed by atoms with Gasteiger partial charge in [-0.1, -0.05) is 27.2 Å². The second-order valence-electron chi connectivity index (χ2n) is 5.22. The van der Waals surface area contributed by atoms with Gasteiger partial charge in [0.1, 0.15) is 17.9 Å². The maximum atomic E-state index is 12.3. The molecule has 0 saturated heterocycles. The maximum Gasteiger partial charge on any atom is 0.325 e. The molecule has 0 bridgehead atoms. The van der Waals surface area contributed by atoms with E-state index in [4.69, 9.17) is 5.11 Å². The third-order valence-corrected chi connectivity index (χ3v) is 3.14. The Labute approximate surface area is 116 Å². The fourth-order valence-electron chi connectivity index (χ4n) is 2.28. The molecule has 0 atom stereocenters. The summed E-state index contributed by atoms with van der Waals surface area (Å²) in [6, 6.07) is 1.83. The fourth-order valence-corrected chi connectivity index (χ4v) is 2.28. The smallest absolute Gasteiger partial charge is 0.325 e. The summed E-state index contributed by atoms with van der Waals surface area (Å²) in [5.74, 6) is -0.276. The average Bonchev–Trinajstić information content (AvgIpc) is 2.76. The average molecular weight is 277 g/mol. The lowest BCUT2D eigenvalue weighted by Crippen LogP contribution is -2.30. The van der Waals surface area contributed by atoms with E-state index in [0.29, 0.717) is 11.3 Å². The first-order valence-electron chi connectivity index (χ1n) is 6.77. The van der Waals surface area contributed by atoms with Gasteiger partial charge in [0.2, 0.25) is 0 Å². The predicted octanol–water partition coefficient (Wildman–Crippen LogP) is 1.66. The van der Waals surface area contributed by atoms with Crippen molar-refractivity contribution in [1.82, 2.24) is 14.2 Å². The summed E-state index contributed by atoms with van der Waals surface area (Å²) in [5.41, 5.74) is 1.20. The highest BCUT2D eigenvalue weighted by Gasteiger charge is 2.15. The van der Waals surface area contributed by atoms with Gasteiger partial charge in [-0.25, -0.2) is 4.68 Å². The molecule has 0 aliphatic rings. The molecule has 20 heavy (non-hydrogen) atoms. The fraction of sp³-hybridized carbons (Fsp3) is 0.500. The molecule has 2 rings (SSSR count). The predicted molar refractivity (Wildman–Crippen MR) is 75.2 cm³/mol. The molecule has 2 aromatic heterocycles. The van der Waals surface area contributed by atoms with E-state index in [9.17, 15) is 9.59 Å². The van der Waals surface area contributed by atoms with Crippen LogP contribution in [-0.2, 0) is 17.8 Å². The molecule has 1 N–H and O–H groups in total. The molecular weight excluding hydrogens is 258 g/mol. The molecule has 108 valence electrons. The van der Waals surface area contributed by atoms with Crippen LogP contribution in [0.2, 0.25) is 0 Å². The molecule has 0 fully saturated rings. The Morgan fingerprint density at radius 1 is 1.45 bits per heavy atom.